The molecule has 0 radical (unpaired) electrons. The van der Waals surface area contributed by atoms with Crippen LogP contribution in [0.4, 0.5) is 0 Å². The number of ether oxygens (including phenoxy) is 1. The first-order valence-electron chi connectivity index (χ1n) is 7.72. The van der Waals surface area contributed by atoms with Gasteiger partial charge in [-0.25, -0.2) is 0 Å². The van der Waals surface area contributed by atoms with E-state index in [2.05, 4.69) is 13.8 Å². The normalized spacial score (nSPS) is 17.4. The van der Waals surface area contributed by atoms with Crippen LogP contribution in [0.2, 0.25) is 0 Å². The lowest BCUT2D eigenvalue weighted by Crippen LogP contribution is -2.31. The Morgan fingerprint density at radius 2 is 1.80 bits per heavy atom. The van der Waals surface area contributed by atoms with Gasteiger partial charge in [-0.3, -0.25) is 4.79 Å². The molecule has 110 valence electrons. The monoisotopic (exact) mass is 274 g/mol. The molecular formula is C18H26O2. The van der Waals surface area contributed by atoms with E-state index in [4.69, 9.17) is 4.74 Å². The summed E-state index contributed by atoms with van der Waals surface area (Å²) in [5, 5.41) is 0. The molecule has 20 heavy (non-hydrogen) atoms. The molecule has 2 nitrogen and oxygen atoms in total. The van der Waals surface area contributed by atoms with E-state index in [1.165, 1.54) is 12.8 Å². The summed E-state index contributed by atoms with van der Waals surface area (Å²) in [6.45, 7) is 4.45. The molecule has 0 unspecified atom stereocenters. The Morgan fingerprint density at radius 1 is 1.20 bits per heavy atom. The Bertz CT molecular complexity index is 439. The Kier molecular flexibility index (Phi) is 4.85. The Morgan fingerprint density at radius 3 is 2.30 bits per heavy atom. The average molecular weight is 274 g/mol. The predicted octanol–water partition coefficient (Wildman–Crippen LogP) is 4.41. The highest BCUT2D eigenvalue weighted by molar-refractivity contribution is 5.87. The highest BCUT2D eigenvalue weighted by Crippen LogP contribution is 2.44. The van der Waals surface area contributed by atoms with E-state index < -0.39 is 0 Å². The van der Waals surface area contributed by atoms with Gasteiger partial charge in [-0.15, -0.1) is 0 Å². The standard InChI is InChI=1S/C18H26O2/c1-14(2)13-18(10-4-5-11-18)17(19)12-15-6-8-16(20-3)9-7-15/h6-9,14H,4-5,10-13H2,1-3H3. The maximum absolute atomic E-state index is 12.8. The van der Waals surface area contributed by atoms with Crippen LogP contribution in [0.25, 0.3) is 0 Å². The fourth-order valence-corrected chi connectivity index (χ4v) is 3.55. The molecule has 0 spiro atoms. The zero-order valence-corrected chi connectivity index (χ0v) is 12.9. The highest BCUT2D eigenvalue weighted by Gasteiger charge is 2.40. The van der Waals surface area contributed by atoms with Gasteiger partial charge < -0.3 is 4.74 Å². The largest absolute Gasteiger partial charge is 0.497 e. The van der Waals surface area contributed by atoms with Crippen molar-refractivity contribution in [1.82, 2.24) is 0 Å². The van der Waals surface area contributed by atoms with Crippen LogP contribution in [-0.4, -0.2) is 12.9 Å². The number of ketones is 1. The third-order valence-electron chi connectivity index (χ3n) is 4.47. The quantitative estimate of drug-likeness (QED) is 0.768. The highest BCUT2D eigenvalue weighted by atomic mass is 16.5. The number of carbonyl (C=O) groups is 1. The van der Waals surface area contributed by atoms with Gasteiger partial charge in [0.05, 0.1) is 7.11 Å². The van der Waals surface area contributed by atoms with E-state index in [0.717, 1.165) is 30.6 Å². The molecule has 1 saturated carbocycles. The summed E-state index contributed by atoms with van der Waals surface area (Å²) in [4.78, 5) is 12.8. The summed E-state index contributed by atoms with van der Waals surface area (Å²) >= 11 is 0. The first-order chi connectivity index (χ1) is 9.55. The molecule has 0 aromatic heterocycles. The van der Waals surface area contributed by atoms with E-state index in [1.807, 2.05) is 24.3 Å². The number of Topliss-reactive ketones (excluding diaryl/α,β-unsaturated/α-hetero) is 1. The van der Waals surface area contributed by atoms with Crippen molar-refractivity contribution in [2.75, 3.05) is 7.11 Å². The minimum absolute atomic E-state index is 0.0475. The zero-order valence-electron chi connectivity index (χ0n) is 12.9. The molecule has 1 aromatic rings. The molecule has 2 rings (SSSR count). The second-order valence-electron chi connectivity index (χ2n) is 6.53. The predicted molar refractivity (Wildman–Crippen MR) is 82.1 cm³/mol. The number of hydrogen-bond donors (Lipinski definition) is 0. The summed E-state index contributed by atoms with van der Waals surface area (Å²) in [6.07, 6.45) is 6.20. The van der Waals surface area contributed by atoms with Crippen molar-refractivity contribution in [1.29, 1.82) is 0 Å². The lowest BCUT2D eigenvalue weighted by atomic mass is 9.73. The van der Waals surface area contributed by atoms with Crippen molar-refractivity contribution in [3.05, 3.63) is 29.8 Å². The Labute approximate surface area is 122 Å². The van der Waals surface area contributed by atoms with E-state index in [-0.39, 0.29) is 5.41 Å². The van der Waals surface area contributed by atoms with Gasteiger partial charge in [0.1, 0.15) is 11.5 Å². The van der Waals surface area contributed by atoms with Crippen LogP contribution in [-0.2, 0) is 11.2 Å². The van der Waals surface area contributed by atoms with Gasteiger partial charge >= 0.3 is 0 Å². The molecule has 0 bridgehead atoms. The van der Waals surface area contributed by atoms with Gasteiger partial charge in [0.2, 0.25) is 0 Å². The van der Waals surface area contributed by atoms with E-state index in [0.29, 0.717) is 18.1 Å². The van der Waals surface area contributed by atoms with Gasteiger partial charge in [0.15, 0.2) is 0 Å². The second kappa shape index (κ2) is 6.43. The van der Waals surface area contributed by atoms with Gasteiger partial charge in [-0.05, 0) is 42.9 Å². The average Bonchev–Trinajstić information content (AvgIpc) is 2.88. The van der Waals surface area contributed by atoms with Gasteiger partial charge in [0, 0.05) is 11.8 Å². The van der Waals surface area contributed by atoms with Crippen LogP contribution < -0.4 is 4.74 Å². The SMILES string of the molecule is COc1ccc(CC(=O)C2(CC(C)C)CCCC2)cc1. The van der Waals surface area contributed by atoms with Gasteiger partial charge in [0.25, 0.3) is 0 Å². The maximum Gasteiger partial charge on any atom is 0.143 e. The molecular weight excluding hydrogens is 248 g/mol. The third-order valence-corrected chi connectivity index (χ3v) is 4.47. The molecule has 0 heterocycles. The third kappa shape index (κ3) is 3.41. The molecule has 0 atom stereocenters. The van der Waals surface area contributed by atoms with Crippen LogP contribution >= 0.6 is 0 Å². The van der Waals surface area contributed by atoms with Crippen LogP contribution in [0.5, 0.6) is 5.75 Å². The summed E-state index contributed by atoms with van der Waals surface area (Å²) in [6, 6.07) is 7.89. The number of rotatable bonds is 6. The van der Waals surface area contributed by atoms with Crippen LogP contribution in [0.3, 0.4) is 0 Å². The Balaban J connectivity index is 2.08. The minimum Gasteiger partial charge on any atom is -0.497 e. The first-order valence-corrected chi connectivity index (χ1v) is 7.72. The zero-order chi connectivity index (χ0) is 14.6. The van der Waals surface area contributed by atoms with E-state index >= 15 is 0 Å². The Hall–Kier alpha value is -1.31. The molecule has 2 heteroatoms. The summed E-state index contributed by atoms with van der Waals surface area (Å²) < 4.78 is 5.16. The number of hydrogen-bond acceptors (Lipinski definition) is 2. The molecule has 0 N–H and O–H groups in total. The van der Waals surface area contributed by atoms with Crippen LogP contribution in [0, 0.1) is 11.3 Å². The molecule has 1 fully saturated rings. The van der Waals surface area contributed by atoms with Crippen LogP contribution in [0.1, 0.15) is 51.5 Å². The smallest absolute Gasteiger partial charge is 0.143 e. The molecule has 0 saturated heterocycles. The fourth-order valence-electron chi connectivity index (χ4n) is 3.55. The molecule has 1 aliphatic carbocycles. The maximum atomic E-state index is 12.8. The molecule has 0 aliphatic heterocycles. The van der Waals surface area contributed by atoms with Gasteiger partial charge in [-0.2, -0.15) is 0 Å². The summed E-state index contributed by atoms with van der Waals surface area (Å²) in [5.41, 5.74) is 1.06. The van der Waals surface area contributed by atoms with Crippen molar-refractivity contribution in [2.24, 2.45) is 11.3 Å². The number of benzene rings is 1. The lowest BCUT2D eigenvalue weighted by Gasteiger charge is -2.29. The minimum atomic E-state index is -0.0475. The van der Waals surface area contributed by atoms with Gasteiger partial charge in [-0.1, -0.05) is 38.8 Å². The molecule has 0 amide bonds. The molecule has 1 aromatic carbocycles. The lowest BCUT2D eigenvalue weighted by molar-refractivity contribution is -0.128. The van der Waals surface area contributed by atoms with E-state index in [9.17, 15) is 4.79 Å². The van der Waals surface area contributed by atoms with Crippen molar-refractivity contribution in [3.8, 4) is 5.75 Å². The van der Waals surface area contributed by atoms with Crippen molar-refractivity contribution >= 4 is 5.78 Å². The number of carbonyl (C=O) groups excluding carboxylic acids is 1. The van der Waals surface area contributed by atoms with Crippen molar-refractivity contribution in [2.45, 2.75) is 52.4 Å². The van der Waals surface area contributed by atoms with E-state index in [1.54, 1.807) is 7.11 Å². The topological polar surface area (TPSA) is 26.3 Å². The molecule has 1 aliphatic rings. The second-order valence-corrected chi connectivity index (χ2v) is 6.53. The summed E-state index contributed by atoms with van der Waals surface area (Å²) in [5.74, 6) is 1.88. The van der Waals surface area contributed by atoms with Crippen LogP contribution in [0.15, 0.2) is 24.3 Å². The van der Waals surface area contributed by atoms with Crippen molar-refractivity contribution < 1.29 is 9.53 Å². The summed E-state index contributed by atoms with van der Waals surface area (Å²) in [7, 11) is 1.66. The number of methoxy groups -OCH3 is 1. The fraction of sp³-hybridized carbons (Fsp3) is 0.611. The first kappa shape index (κ1) is 15.1. The van der Waals surface area contributed by atoms with Crippen molar-refractivity contribution in [3.63, 3.8) is 0 Å².